The second-order valence-corrected chi connectivity index (χ2v) is 5.73. The third-order valence-electron chi connectivity index (χ3n) is 4.52. The minimum absolute atomic E-state index is 0.0108. The van der Waals surface area contributed by atoms with Crippen LogP contribution < -0.4 is 5.32 Å². The van der Waals surface area contributed by atoms with Gasteiger partial charge in [0.1, 0.15) is 0 Å². The standard InChI is InChI=1S/C13H23F3N2/c1-2-11-9-18(8-7-13(14,15)16)12(10-17-11)5-3-4-6-12/h11,17H,2-10H2,1H3. The van der Waals surface area contributed by atoms with Gasteiger partial charge < -0.3 is 5.32 Å². The molecule has 1 N–H and O–H groups in total. The van der Waals surface area contributed by atoms with Crippen molar-refractivity contribution in [1.82, 2.24) is 10.2 Å². The topological polar surface area (TPSA) is 15.3 Å². The first kappa shape index (κ1) is 14.1. The molecule has 0 aromatic rings. The highest BCUT2D eigenvalue weighted by molar-refractivity contribution is 5.01. The van der Waals surface area contributed by atoms with Crippen molar-refractivity contribution in [2.24, 2.45) is 0 Å². The van der Waals surface area contributed by atoms with Crippen LogP contribution in [0.4, 0.5) is 13.2 Å². The molecule has 0 aromatic heterocycles. The molecule has 5 heteroatoms. The van der Waals surface area contributed by atoms with Gasteiger partial charge in [-0.25, -0.2) is 0 Å². The molecule has 0 aromatic carbocycles. The fourth-order valence-corrected chi connectivity index (χ4v) is 3.36. The third-order valence-corrected chi connectivity index (χ3v) is 4.52. The van der Waals surface area contributed by atoms with Crippen LogP contribution in [0.25, 0.3) is 0 Å². The summed E-state index contributed by atoms with van der Waals surface area (Å²) in [5, 5.41) is 3.51. The van der Waals surface area contributed by atoms with Crippen molar-refractivity contribution in [3.05, 3.63) is 0 Å². The number of piperazine rings is 1. The Morgan fingerprint density at radius 2 is 1.94 bits per heavy atom. The summed E-state index contributed by atoms with van der Waals surface area (Å²) in [4.78, 5) is 2.12. The van der Waals surface area contributed by atoms with Crippen molar-refractivity contribution in [3.8, 4) is 0 Å². The number of hydrogen-bond donors (Lipinski definition) is 1. The lowest BCUT2D eigenvalue weighted by atomic mass is 9.90. The SMILES string of the molecule is CCC1CN(CCC(F)(F)F)C2(CCCC2)CN1. The molecule has 0 amide bonds. The smallest absolute Gasteiger partial charge is 0.311 e. The molecule has 1 saturated heterocycles. The van der Waals surface area contributed by atoms with Gasteiger partial charge >= 0.3 is 6.18 Å². The van der Waals surface area contributed by atoms with E-state index in [0.717, 1.165) is 45.2 Å². The van der Waals surface area contributed by atoms with Gasteiger partial charge in [-0.3, -0.25) is 4.90 Å². The second-order valence-electron chi connectivity index (χ2n) is 5.73. The minimum atomic E-state index is -4.04. The maximum absolute atomic E-state index is 12.4. The molecular weight excluding hydrogens is 241 g/mol. The van der Waals surface area contributed by atoms with E-state index in [4.69, 9.17) is 0 Å². The van der Waals surface area contributed by atoms with E-state index >= 15 is 0 Å². The highest BCUT2D eigenvalue weighted by atomic mass is 19.4. The highest BCUT2D eigenvalue weighted by Crippen LogP contribution is 2.37. The number of halogens is 3. The van der Waals surface area contributed by atoms with Gasteiger partial charge in [0.2, 0.25) is 0 Å². The van der Waals surface area contributed by atoms with Gasteiger partial charge in [0.05, 0.1) is 6.42 Å². The van der Waals surface area contributed by atoms with Gasteiger partial charge in [0.25, 0.3) is 0 Å². The summed E-state index contributed by atoms with van der Waals surface area (Å²) in [5.74, 6) is 0. The molecule has 1 spiro atoms. The van der Waals surface area contributed by atoms with Crippen molar-refractivity contribution in [3.63, 3.8) is 0 Å². The Hall–Kier alpha value is -0.290. The fourth-order valence-electron chi connectivity index (χ4n) is 3.36. The Balaban J connectivity index is 2.00. The first-order chi connectivity index (χ1) is 8.45. The van der Waals surface area contributed by atoms with Crippen LogP contribution in [0.1, 0.15) is 45.4 Å². The number of rotatable bonds is 3. The van der Waals surface area contributed by atoms with Crippen molar-refractivity contribution >= 4 is 0 Å². The van der Waals surface area contributed by atoms with Gasteiger partial charge in [-0.2, -0.15) is 13.2 Å². The van der Waals surface area contributed by atoms with Crippen molar-refractivity contribution in [1.29, 1.82) is 0 Å². The Kier molecular flexibility index (Phi) is 4.22. The highest BCUT2D eigenvalue weighted by Gasteiger charge is 2.44. The zero-order valence-corrected chi connectivity index (χ0v) is 11.0. The van der Waals surface area contributed by atoms with E-state index in [1.165, 1.54) is 0 Å². The minimum Gasteiger partial charge on any atom is -0.311 e. The van der Waals surface area contributed by atoms with Crippen LogP contribution in [0, 0.1) is 0 Å². The van der Waals surface area contributed by atoms with Crippen molar-refractivity contribution in [2.75, 3.05) is 19.6 Å². The van der Waals surface area contributed by atoms with E-state index in [1.807, 2.05) is 0 Å². The predicted molar refractivity (Wildman–Crippen MR) is 65.5 cm³/mol. The molecular formula is C13H23F3N2. The average molecular weight is 264 g/mol. The lowest BCUT2D eigenvalue weighted by Crippen LogP contribution is -2.63. The summed E-state index contributed by atoms with van der Waals surface area (Å²) in [7, 11) is 0. The van der Waals surface area contributed by atoms with Crippen LogP contribution in [-0.2, 0) is 0 Å². The summed E-state index contributed by atoms with van der Waals surface area (Å²) in [6.45, 7) is 3.89. The quantitative estimate of drug-likeness (QED) is 0.843. The molecule has 1 atom stereocenters. The Morgan fingerprint density at radius 3 is 2.50 bits per heavy atom. The summed E-state index contributed by atoms with van der Waals surface area (Å²) in [6.07, 6.45) is 0.681. The van der Waals surface area contributed by atoms with Crippen LogP contribution in [0.3, 0.4) is 0 Å². The molecule has 2 nitrogen and oxygen atoms in total. The first-order valence-electron chi connectivity index (χ1n) is 7.00. The second kappa shape index (κ2) is 5.37. The van der Waals surface area contributed by atoms with Gasteiger partial charge in [0.15, 0.2) is 0 Å². The predicted octanol–water partition coefficient (Wildman–Crippen LogP) is 2.94. The average Bonchev–Trinajstić information content (AvgIpc) is 2.76. The number of nitrogens with one attached hydrogen (secondary N) is 1. The fraction of sp³-hybridized carbons (Fsp3) is 1.00. The van der Waals surface area contributed by atoms with Crippen molar-refractivity contribution in [2.45, 2.75) is 63.2 Å². The monoisotopic (exact) mass is 264 g/mol. The maximum atomic E-state index is 12.4. The maximum Gasteiger partial charge on any atom is 0.390 e. The van der Waals surface area contributed by atoms with Crippen LogP contribution in [0.5, 0.6) is 0 Å². The van der Waals surface area contributed by atoms with E-state index in [2.05, 4.69) is 17.1 Å². The molecule has 1 saturated carbocycles. The van der Waals surface area contributed by atoms with E-state index in [9.17, 15) is 13.2 Å². The lowest BCUT2D eigenvalue weighted by molar-refractivity contribution is -0.142. The molecule has 0 radical (unpaired) electrons. The molecule has 2 rings (SSSR count). The van der Waals surface area contributed by atoms with Crippen LogP contribution >= 0.6 is 0 Å². The van der Waals surface area contributed by atoms with Gasteiger partial charge in [-0.15, -0.1) is 0 Å². The zero-order valence-electron chi connectivity index (χ0n) is 11.0. The Labute approximate surface area is 107 Å². The summed E-state index contributed by atoms with van der Waals surface area (Å²) in [6, 6.07) is 0.351. The summed E-state index contributed by atoms with van der Waals surface area (Å²) in [5.41, 5.74) is 0.0108. The number of hydrogen-bond acceptors (Lipinski definition) is 2. The molecule has 1 aliphatic carbocycles. The van der Waals surface area contributed by atoms with E-state index < -0.39 is 12.6 Å². The zero-order chi connectivity index (χ0) is 13.2. The molecule has 106 valence electrons. The van der Waals surface area contributed by atoms with Gasteiger partial charge in [-0.05, 0) is 19.3 Å². The lowest BCUT2D eigenvalue weighted by Gasteiger charge is -2.48. The van der Waals surface area contributed by atoms with Gasteiger partial charge in [-0.1, -0.05) is 19.8 Å². The molecule has 18 heavy (non-hydrogen) atoms. The third kappa shape index (κ3) is 3.18. The number of nitrogens with zero attached hydrogens (tertiary/aromatic N) is 1. The van der Waals surface area contributed by atoms with E-state index in [1.54, 1.807) is 0 Å². The molecule has 1 unspecified atom stereocenters. The normalized spacial score (nSPS) is 29.0. The summed E-state index contributed by atoms with van der Waals surface area (Å²) < 4.78 is 37.3. The largest absolute Gasteiger partial charge is 0.390 e. The van der Waals surface area contributed by atoms with Gasteiger partial charge in [0, 0.05) is 31.2 Å². The molecule has 0 bridgehead atoms. The molecule has 1 heterocycles. The molecule has 2 aliphatic rings. The van der Waals surface area contributed by atoms with Crippen LogP contribution in [0.2, 0.25) is 0 Å². The van der Waals surface area contributed by atoms with Crippen LogP contribution in [0.15, 0.2) is 0 Å². The van der Waals surface area contributed by atoms with Crippen LogP contribution in [-0.4, -0.2) is 42.3 Å². The molecule has 2 fully saturated rings. The van der Waals surface area contributed by atoms with Crippen molar-refractivity contribution < 1.29 is 13.2 Å². The first-order valence-corrected chi connectivity index (χ1v) is 7.00. The van der Waals surface area contributed by atoms with E-state index in [-0.39, 0.29) is 12.1 Å². The number of alkyl halides is 3. The Morgan fingerprint density at radius 1 is 1.28 bits per heavy atom. The molecule has 1 aliphatic heterocycles. The van der Waals surface area contributed by atoms with E-state index in [0.29, 0.717) is 6.04 Å². The summed E-state index contributed by atoms with van der Waals surface area (Å²) >= 11 is 0. The Bertz CT molecular complexity index is 272.